The van der Waals surface area contributed by atoms with Gasteiger partial charge in [-0.1, -0.05) is 24.1 Å². The van der Waals surface area contributed by atoms with E-state index < -0.39 is 0 Å². The van der Waals surface area contributed by atoms with Crippen molar-refractivity contribution in [3.63, 3.8) is 0 Å². The zero-order valence-corrected chi connectivity index (χ0v) is 9.09. The summed E-state index contributed by atoms with van der Waals surface area (Å²) in [6, 6.07) is 9.49. The number of hydrogen-bond donors (Lipinski definition) is 1. The summed E-state index contributed by atoms with van der Waals surface area (Å²) < 4.78 is 13.7. The van der Waals surface area contributed by atoms with E-state index in [1.54, 1.807) is 0 Å². The van der Waals surface area contributed by atoms with E-state index in [2.05, 4.69) is 17.2 Å². The predicted molar refractivity (Wildman–Crippen MR) is 63.6 cm³/mol. The molecule has 1 fully saturated rings. The van der Waals surface area contributed by atoms with Gasteiger partial charge in [-0.2, -0.15) is 4.39 Å². The smallest absolute Gasteiger partial charge is 0.172 e. The van der Waals surface area contributed by atoms with E-state index in [1.165, 1.54) is 0 Å². The summed E-state index contributed by atoms with van der Waals surface area (Å²) in [5, 5.41) is 3.19. The number of piperidine rings is 1. The first-order valence-corrected chi connectivity index (χ1v) is 5.51. The van der Waals surface area contributed by atoms with Crippen molar-refractivity contribution in [2.24, 2.45) is 0 Å². The van der Waals surface area contributed by atoms with Gasteiger partial charge in [0.15, 0.2) is 5.83 Å². The van der Waals surface area contributed by atoms with Crippen molar-refractivity contribution in [1.82, 2.24) is 5.32 Å². The van der Waals surface area contributed by atoms with E-state index in [1.807, 2.05) is 30.3 Å². The molecule has 1 aromatic rings. The van der Waals surface area contributed by atoms with Crippen LogP contribution in [0.15, 0.2) is 41.7 Å². The molecule has 1 aliphatic rings. The van der Waals surface area contributed by atoms with Gasteiger partial charge in [0.05, 0.1) is 0 Å². The maximum Gasteiger partial charge on any atom is 0.172 e. The molecule has 1 nitrogen and oxygen atoms in total. The summed E-state index contributed by atoms with van der Waals surface area (Å²) in [7, 11) is 0. The lowest BCUT2D eigenvalue weighted by atomic mass is 10.0. The number of halogens is 1. The largest absolute Gasteiger partial charge is 0.316 e. The molecule has 0 spiro atoms. The fourth-order valence-corrected chi connectivity index (χ4v) is 1.68. The van der Waals surface area contributed by atoms with Gasteiger partial charge in [-0.25, -0.2) is 0 Å². The Morgan fingerprint density at radius 3 is 2.50 bits per heavy atom. The van der Waals surface area contributed by atoms with Gasteiger partial charge in [-0.15, -0.1) is 0 Å². The first-order valence-electron chi connectivity index (χ1n) is 5.51. The third kappa shape index (κ3) is 2.95. The second-order valence-corrected chi connectivity index (χ2v) is 3.78. The Morgan fingerprint density at radius 1 is 1.12 bits per heavy atom. The zero-order chi connectivity index (χ0) is 11.2. The van der Waals surface area contributed by atoms with Crippen molar-refractivity contribution in [2.75, 3.05) is 13.1 Å². The monoisotopic (exact) mass is 215 g/mol. The second kappa shape index (κ2) is 5.48. The number of nitrogens with one attached hydrogen (secondary N) is 1. The number of benzene rings is 1. The molecule has 82 valence electrons. The van der Waals surface area contributed by atoms with Crippen LogP contribution in [0.25, 0.3) is 0 Å². The van der Waals surface area contributed by atoms with Gasteiger partial charge in [-0.05, 0) is 49.6 Å². The molecule has 0 aromatic heterocycles. The van der Waals surface area contributed by atoms with E-state index in [0.717, 1.165) is 37.1 Å². The summed E-state index contributed by atoms with van der Waals surface area (Å²) >= 11 is 0. The molecule has 0 amide bonds. The lowest BCUT2D eigenvalue weighted by Gasteiger charge is -2.14. The van der Waals surface area contributed by atoms with E-state index in [4.69, 9.17) is 0 Å². The molecule has 1 aliphatic heterocycles. The molecular weight excluding hydrogens is 201 g/mol. The second-order valence-electron chi connectivity index (χ2n) is 3.78. The number of hydrogen-bond acceptors (Lipinski definition) is 1. The van der Waals surface area contributed by atoms with Gasteiger partial charge < -0.3 is 5.32 Å². The highest BCUT2D eigenvalue weighted by Gasteiger charge is 2.08. The lowest BCUT2D eigenvalue weighted by molar-refractivity contribution is 0.569. The third-order valence-corrected chi connectivity index (χ3v) is 2.61. The van der Waals surface area contributed by atoms with Crippen LogP contribution in [0.5, 0.6) is 0 Å². The fraction of sp³-hybridized carbons (Fsp3) is 0.286. The van der Waals surface area contributed by atoms with Crippen LogP contribution in [0.1, 0.15) is 18.4 Å². The molecule has 0 saturated carbocycles. The number of allylic oxidation sites excluding steroid dienone is 1. The van der Waals surface area contributed by atoms with Crippen molar-refractivity contribution >= 4 is 0 Å². The minimum Gasteiger partial charge on any atom is -0.316 e. The summed E-state index contributed by atoms with van der Waals surface area (Å²) in [4.78, 5) is 0. The summed E-state index contributed by atoms with van der Waals surface area (Å²) in [6.07, 6.45) is 1.55. The normalized spacial score (nSPS) is 15.2. The van der Waals surface area contributed by atoms with Crippen LogP contribution >= 0.6 is 0 Å². The highest BCUT2D eigenvalue weighted by molar-refractivity contribution is 5.40. The van der Waals surface area contributed by atoms with Crippen molar-refractivity contribution < 1.29 is 4.39 Å². The average molecular weight is 215 g/mol. The maximum absolute atomic E-state index is 13.7. The van der Waals surface area contributed by atoms with Crippen molar-refractivity contribution in [3.8, 4) is 11.8 Å². The highest BCUT2D eigenvalue weighted by Crippen LogP contribution is 2.16. The molecule has 0 bridgehead atoms. The summed E-state index contributed by atoms with van der Waals surface area (Å²) in [5.41, 5.74) is 1.70. The van der Waals surface area contributed by atoms with Gasteiger partial charge in [0.2, 0.25) is 0 Å². The Kier molecular flexibility index (Phi) is 3.74. The highest BCUT2D eigenvalue weighted by atomic mass is 19.1. The van der Waals surface area contributed by atoms with E-state index in [9.17, 15) is 4.39 Å². The molecule has 16 heavy (non-hydrogen) atoms. The molecule has 2 heteroatoms. The van der Waals surface area contributed by atoms with Gasteiger partial charge in [0.25, 0.3) is 0 Å². The Labute approximate surface area is 95.4 Å². The molecule has 0 atom stereocenters. The standard InChI is InChI=1S/C14H14FN/c15-14(13-8-10-16-11-9-13)7-6-12-4-2-1-3-5-12/h1-5,16H,8-11H2. The lowest BCUT2D eigenvalue weighted by Crippen LogP contribution is -2.23. The molecule has 0 aliphatic carbocycles. The first kappa shape index (κ1) is 10.9. The Morgan fingerprint density at radius 2 is 1.81 bits per heavy atom. The molecule has 1 saturated heterocycles. The van der Waals surface area contributed by atoms with Gasteiger partial charge in [0.1, 0.15) is 0 Å². The van der Waals surface area contributed by atoms with E-state index in [-0.39, 0.29) is 5.83 Å². The minimum atomic E-state index is -0.245. The van der Waals surface area contributed by atoms with Crippen LogP contribution < -0.4 is 5.32 Å². The third-order valence-electron chi connectivity index (χ3n) is 2.61. The molecule has 2 rings (SSSR count). The van der Waals surface area contributed by atoms with Crippen molar-refractivity contribution in [2.45, 2.75) is 12.8 Å². The van der Waals surface area contributed by atoms with E-state index >= 15 is 0 Å². The first-order chi connectivity index (χ1) is 7.86. The molecule has 1 N–H and O–H groups in total. The summed E-state index contributed by atoms with van der Waals surface area (Å²) in [6.45, 7) is 1.71. The molecule has 0 unspecified atom stereocenters. The SMILES string of the molecule is FC(C#Cc1ccccc1)=C1CCNCC1. The van der Waals surface area contributed by atoms with Crippen LogP contribution in [0.4, 0.5) is 4.39 Å². The van der Waals surface area contributed by atoms with Crippen LogP contribution in [-0.4, -0.2) is 13.1 Å². The Bertz CT molecular complexity index is 429. The average Bonchev–Trinajstić information content (AvgIpc) is 2.38. The van der Waals surface area contributed by atoms with Crippen LogP contribution in [-0.2, 0) is 0 Å². The predicted octanol–water partition coefficient (Wildman–Crippen LogP) is 2.65. The Hall–Kier alpha value is -1.59. The zero-order valence-electron chi connectivity index (χ0n) is 9.09. The van der Waals surface area contributed by atoms with Gasteiger partial charge in [-0.3, -0.25) is 0 Å². The summed E-state index contributed by atoms with van der Waals surface area (Å²) in [5.74, 6) is 5.20. The Balaban J connectivity index is 2.12. The van der Waals surface area contributed by atoms with Crippen LogP contribution in [0.3, 0.4) is 0 Å². The molecule has 1 heterocycles. The molecular formula is C14H14FN. The number of rotatable bonds is 0. The molecule has 0 radical (unpaired) electrons. The minimum absolute atomic E-state index is 0.245. The quantitative estimate of drug-likeness (QED) is 0.656. The van der Waals surface area contributed by atoms with Crippen LogP contribution in [0.2, 0.25) is 0 Å². The van der Waals surface area contributed by atoms with E-state index in [0.29, 0.717) is 0 Å². The van der Waals surface area contributed by atoms with Gasteiger partial charge >= 0.3 is 0 Å². The van der Waals surface area contributed by atoms with Gasteiger partial charge in [0, 0.05) is 5.56 Å². The van der Waals surface area contributed by atoms with Crippen molar-refractivity contribution in [1.29, 1.82) is 0 Å². The maximum atomic E-state index is 13.7. The fourth-order valence-electron chi connectivity index (χ4n) is 1.68. The topological polar surface area (TPSA) is 12.0 Å². The van der Waals surface area contributed by atoms with Crippen LogP contribution in [0, 0.1) is 11.8 Å². The molecule has 1 aromatic carbocycles. The van der Waals surface area contributed by atoms with Crippen molar-refractivity contribution in [3.05, 3.63) is 47.3 Å².